The van der Waals surface area contributed by atoms with Crippen LogP contribution in [0.2, 0.25) is 5.02 Å². The first kappa shape index (κ1) is 16.5. The average Bonchev–Trinajstić information content (AvgIpc) is 2.96. The normalized spacial score (nSPS) is 17.2. The molecule has 0 radical (unpaired) electrons. The first-order valence-corrected chi connectivity index (χ1v) is 8.00. The molecule has 1 N–H and O–H groups in total. The number of carbonyl (C=O) groups is 2. The summed E-state index contributed by atoms with van der Waals surface area (Å²) in [5.41, 5.74) is 1.02. The van der Waals surface area contributed by atoms with Gasteiger partial charge in [-0.25, -0.2) is 4.39 Å². The van der Waals surface area contributed by atoms with E-state index in [4.69, 9.17) is 11.6 Å². The van der Waals surface area contributed by atoms with Gasteiger partial charge in [0.25, 0.3) is 0 Å². The lowest BCUT2D eigenvalue weighted by Crippen LogP contribution is -2.32. The molecular weight excluding hydrogens is 331 g/mol. The van der Waals surface area contributed by atoms with Crippen LogP contribution in [-0.4, -0.2) is 18.4 Å². The van der Waals surface area contributed by atoms with Gasteiger partial charge in [0, 0.05) is 25.1 Å². The molecule has 1 fully saturated rings. The van der Waals surface area contributed by atoms with Gasteiger partial charge in [-0.1, -0.05) is 41.9 Å². The van der Waals surface area contributed by atoms with Gasteiger partial charge in [-0.3, -0.25) is 9.59 Å². The summed E-state index contributed by atoms with van der Waals surface area (Å²) in [6, 6.07) is 13.3. The lowest BCUT2D eigenvalue weighted by Gasteiger charge is -2.18. The van der Waals surface area contributed by atoms with Crippen LogP contribution in [0.15, 0.2) is 48.5 Å². The number of anilines is 1. The SMILES string of the molecule is O=C(NCc1ccccc1F)C1CC(=O)N(c2ccccc2Cl)C1. The first-order valence-electron chi connectivity index (χ1n) is 7.62. The fraction of sp³-hybridized carbons (Fsp3) is 0.222. The maximum absolute atomic E-state index is 13.6. The van der Waals surface area contributed by atoms with Crippen molar-refractivity contribution in [3.8, 4) is 0 Å². The Hall–Kier alpha value is -2.40. The number of nitrogens with one attached hydrogen (secondary N) is 1. The van der Waals surface area contributed by atoms with Crippen LogP contribution in [0.3, 0.4) is 0 Å². The van der Waals surface area contributed by atoms with Gasteiger partial charge in [0.15, 0.2) is 0 Å². The van der Waals surface area contributed by atoms with E-state index in [0.29, 0.717) is 16.3 Å². The van der Waals surface area contributed by atoms with Crippen LogP contribution in [0.4, 0.5) is 10.1 Å². The third kappa shape index (κ3) is 3.41. The summed E-state index contributed by atoms with van der Waals surface area (Å²) in [6.45, 7) is 0.369. The van der Waals surface area contributed by atoms with Crippen LogP contribution in [-0.2, 0) is 16.1 Å². The van der Waals surface area contributed by atoms with Gasteiger partial charge < -0.3 is 10.2 Å². The second kappa shape index (κ2) is 7.01. The van der Waals surface area contributed by atoms with Crippen molar-refractivity contribution in [1.82, 2.24) is 5.32 Å². The molecule has 3 rings (SSSR count). The molecule has 6 heteroatoms. The number of amides is 2. The molecular formula is C18H16ClFN2O2. The molecule has 0 aromatic heterocycles. The molecule has 0 spiro atoms. The molecule has 2 amide bonds. The van der Waals surface area contributed by atoms with E-state index < -0.39 is 5.92 Å². The smallest absolute Gasteiger partial charge is 0.227 e. The van der Waals surface area contributed by atoms with E-state index in [1.165, 1.54) is 11.0 Å². The molecule has 2 aromatic rings. The third-order valence-corrected chi connectivity index (χ3v) is 4.37. The maximum Gasteiger partial charge on any atom is 0.227 e. The molecule has 0 saturated carbocycles. The Balaban J connectivity index is 1.64. The van der Waals surface area contributed by atoms with Gasteiger partial charge in [-0.15, -0.1) is 0 Å². The van der Waals surface area contributed by atoms with Crippen molar-refractivity contribution in [3.63, 3.8) is 0 Å². The van der Waals surface area contributed by atoms with Gasteiger partial charge in [0.2, 0.25) is 11.8 Å². The topological polar surface area (TPSA) is 49.4 Å². The van der Waals surface area contributed by atoms with Gasteiger partial charge >= 0.3 is 0 Å². The summed E-state index contributed by atoms with van der Waals surface area (Å²) >= 11 is 6.12. The Labute approximate surface area is 144 Å². The van der Waals surface area contributed by atoms with E-state index >= 15 is 0 Å². The number of rotatable bonds is 4. The predicted octanol–water partition coefficient (Wildman–Crippen LogP) is 3.15. The molecule has 1 heterocycles. The highest BCUT2D eigenvalue weighted by molar-refractivity contribution is 6.33. The fourth-order valence-electron chi connectivity index (χ4n) is 2.76. The number of carbonyl (C=O) groups excluding carboxylic acids is 2. The minimum Gasteiger partial charge on any atom is -0.352 e. The van der Waals surface area contributed by atoms with Crippen LogP contribution in [0.1, 0.15) is 12.0 Å². The van der Waals surface area contributed by atoms with Crippen molar-refractivity contribution in [1.29, 1.82) is 0 Å². The Bertz CT molecular complexity index is 781. The molecule has 1 atom stereocenters. The number of para-hydroxylation sites is 1. The lowest BCUT2D eigenvalue weighted by molar-refractivity contribution is -0.126. The summed E-state index contributed by atoms with van der Waals surface area (Å²) in [4.78, 5) is 26.0. The second-order valence-corrected chi connectivity index (χ2v) is 6.07. The van der Waals surface area contributed by atoms with E-state index in [9.17, 15) is 14.0 Å². The van der Waals surface area contributed by atoms with Crippen LogP contribution >= 0.6 is 11.6 Å². The van der Waals surface area contributed by atoms with Crippen LogP contribution < -0.4 is 10.2 Å². The highest BCUT2D eigenvalue weighted by Gasteiger charge is 2.35. The van der Waals surface area contributed by atoms with Crippen LogP contribution in [0.25, 0.3) is 0 Å². The van der Waals surface area contributed by atoms with E-state index in [1.807, 2.05) is 0 Å². The number of halogens is 2. The zero-order valence-electron chi connectivity index (χ0n) is 12.8. The molecule has 1 aliphatic heterocycles. The maximum atomic E-state index is 13.6. The Morgan fingerprint density at radius 1 is 1.21 bits per heavy atom. The summed E-state index contributed by atoms with van der Waals surface area (Å²) in [5.74, 6) is -1.24. The minimum atomic E-state index is -0.472. The second-order valence-electron chi connectivity index (χ2n) is 5.67. The average molecular weight is 347 g/mol. The van der Waals surface area contributed by atoms with E-state index in [2.05, 4.69) is 5.32 Å². The van der Waals surface area contributed by atoms with Gasteiger partial charge in [0.05, 0.1) is 16.6 Å². The zero-order valence-corrected chi connectivity index (χ0v) is 13.6. The molecule has 0 bridgehead atoms. The van der Waals surface area contributed by atoms with Crippen molar-refractivity contribution in [2.45, 2.75) is 13.0 Å². The number of nitrogens with zero attached hydrogens (tertiary/aromatic N) is 1. The largest absolute Gasteiger partial charge is 0.352 e. The standard InChI is InChI=1S/C18H16ClFN2O2/c19-14-6-2-4-8-16(14)22-11-13(9-17(22)23)18(24)21-10-12-5-1-3-7-15(12)20/h1-8,13H,9-11H2,(H,21,24). The van der Waals surface area contributed by atoms with Gasteiger partial charge in [-0.2, -0.15) is 0 Å². The molecule has 2 aromatic carbocycles. The minimum absolute atomic E-state index is 0.0995. The Kier molecular flexibility index (Phi) is 4.81. The highest BCUT2D eigenvalue weighted by atomic mass is 35.5. The Morgan fingerprint density at radius 2 is 1.92 bits per heavy atom. The first-order chi connectivity index (χ1) is 11.6. The number of hydrogen-bond acceptors (Lipinski definition) is 2. The van der Waals surface area contributed by atoms with Crippen LogP contribution in [0.5, 0.6) is 0 Å². The van der Waals surface area contributed by atoms with Crippen molar-refractivity contribution in [2.24, 2.45) is 5.92 Å². The molecule has 1 unspecified atom stereocenters. The van der Waals surface area contributed by atoms with E-state index in [1.54, 1.807) is 42.5 Å². The molecule has 0 aliphatic carbocycles. The van der Waals surface area contributed by atoms with Gasteiger partial charge in [-0.05, 0) is 18.2 Å². The molecule has 124 valence electrons. The summed E-state index contributed by atoms with van der Waals surface area (Å²) in [7, 11) is 0. The quantitative estimate of drug-likeness (QED) is 0.924. The van der Waals surface area contributed by atoms with Crippen molar-refractivity contribution < 1.29 is 14.0 Å². The number of benzene rings is 2. The zero-order chi connectivity index (χ0) is 17.1. The lowest BCUT2D eigenvalue weighted by atomic mass is 10.1. The predicted molar refractivity (Wildman–Crippen MR) is 90.2 cm³/mol. The van der Waals surface area contributed by atoms with Crippen molar-refractivity contribution in [2.75, 3.05) is 11.4 Å². The molecule has 4 nitrogen and oxygen atoms in total. The van der Waals surface area contributed by atoms with Crippen molar-refractivity contribution in [3.05, 3.63) is 64.9 Å². The Morgan fingerprint density at radius 3 is 2.67 bits per heavy atom. The monoisotopic (exact) mass is 346 g/mol. The van der Waals surface area contributed by atoms with E-state index in [-0.39, 0.29) is 37.1 Å². The molecule has 1 saturated heterocycles. The number of hydrogen-bond donors (Lipinski definition) is 1. The van der Waals surface area contributed by atoms with E-state index in [0.717, 1.165) is 0 Å². The summed E-state index contributed by atoms with van der Waals surface area (Å²) in [5, 5.41) is 3.17. The molecule has 24 heavy (non-hydrogen) atoms. The summed E-state index contributed by atoms with van der Waals surface area (Å²) < 4.78 is 13.6. The highest BCUT2D eigenvalue weighted by Crippen LogP contribution is 2.31. The fourth-order valence-corrected chi connectivity index (χ4v) is 2.99. The van der Waals surface area contributed by atoms with Crippen molar-refractivity contribution >= 4 is 29.1 Å². The third-order valence-electron chi connectivity index (χ3n) is 4.05. The van der Waals surface area contributed by atoms with Gasteiger partial charge in [0.1, 0.15) is 5.82 Å². The summed E-state index contributed by atoms with van der Waals surface area (Å²) in [6.07, 6.45) is 0.119. The van der Waals surface area contributed by atoms with Crippen LogP contribution in [0, 0.1) is 11.7 Å². The molecule has 1 aliphatic rings.